The minimum absolute atomic E-state index is 0.130. The number of aromatic amines is 1. The summed E-state index contributed by atoms with van der Waals surface area (Å²) in [5, 5.41) is 0.392. The van der Waals surface area contributed by atoms with E-state index in [4.69, 9.17) is 0 Å². The van der Waals surface area contributed by atoms with Crippen LogP contribution in [0.15, 0.2) is 27.8 Å². The molecule has 0 saturated heterocycles. The van der Waals surface area contributed by atoms with Gasteiger partial charge in [-0.1, -0.05) is 12.1 Å². The second kappa shape index (κ2) is 5.24. The highest BCUT2D eigenvalue weighted by molar-refractivity contribution is 7.84. The number of fused-ring (bicyclic) bond motifs is 1. The van der Waals surface area contributed by atoms with Gasteiger partial charge in [0.25, 0.3) is 5.56 Å². The van der Waals surface area contributed by atoms with Gasteiger partial charge in [0.1, 0.15) is 0 Å². The zero-order valence-corrected chi connectivity index (χ0v) is 11.7. The molecule has 4 nitrogen and oxygen atoms in total. The zero-order valence-electron chi connectivity index (χ0n) is 9.88. The van der Waals surface area contributed by atoms with Crippen LogP contribution in [0.4, 0.5) is 0 Å². The fraction of sp³-hybridized carbons (Fsp3) is 0.333. The van der Waals surface area contributed by atoms with Crippen molar-refractivity contribution in [1.82, 2.24) is 9.55 Å². The molecule has 18 heavy (non-hydrogen) atoms. The Balaban J connectivity index is 2.70. The van der Waals surface area contributed by atoms with E-state index in [9.17, 15) is 9.59 Å². The molecule has 1 aromatic heterocycles. The Bertz CT molecular complexity index is 691. The van der Waals surface area contributed by atoms with Gasteiger partial charge in [0.2, 0.25) is 0 Å². The van der Waals surface area contributed by atoms with Crippen molar-refractivity contribution in [3.05, 3.63) is 44.6 Å². The number of hydrogen-bond donors (Lipinski definition) is 3. The van der Waals surface area contributed by atoms with Crippen LogP contribution in [0.25, 0.3) is 10.9 Å². The molecule has 0 amide bonds. The molecule has 96 valence electrons. The predicted molar refractivity (Wildman–Crippen MR) is 80.2 cm³/mol. The summed E-state index contributed by atoms with van der Waals surface area (Å²) in [6.07, 6.45) is 0. The Morgan fingerprint density at radius 1 is 1.39 bits per heavy atom. The van der Waals surface area contributed by atoms with E-state index >= 15 is 0 Å². The van der Waals surface area contributed by atoms with E-state index < -0.39 is 5.69 Å². The van der Waals surface area contributed by atoms with Crippen LogP contribution in [0, 0.1) is 6.92 Å². The SMILES string of the molecule is Cc1cccc2c(=O)n(CC(S)CS)c(=O)[nH]c12. The van der Waals surface area contributed by atoms with Crippen molar-refractivity contribution >= 4 is 36.2 Å². The van der Waals surface area contributed by atoms with Gasteiger partial charge in [-0.15, -0.1) is 0 Å². The number of benzene rings is 1. The first-order chi connectivity index (χ1) is 8.54. The topological polar surface area (TPSA) is 54.9 Å². The van der Waals surface area contributed by atoms with Crippen LogP contribution in [0.3, 0.4) is 0 Å². The smallest absolute Gasteiger partial charge is 0.306 e. The summed E-state index contributed by atoms with van der Waals surface area (Å²) >= 11 is 8.36. The number of aromatic nitrogens is 2. The van der Waals surface area contributed by atoms with Gasteiger partial charge in [-0.05, 0) is 18.6 Å². The summed E-state index contributed by atoms with van der Waals surface area (Å²) in [5.41, 5.74) is 0.803. The molecule has 1 heterocycles. The number of nitrogens with zero attached hydrogens (tertiary/aromatic N) is 1. The molecule has 0 aliphatic carbocycles. The lowest BCUT2D eigenvalue weighted by molar-refractivity contribution is 0.639. The van der Waals surface area contributed by atoms with Crippen molar-refractivity contribution in [3.8, 4) is 0 Å². The number of thiol groups is 2. The lowest BCUT2D eigenvalue weighted by Crippen LogP contribution is -2.37. The fourth-order valence-corrected chi connectivity index (χ4v) is 2.14. The minimum Gasteiger partial charge on any atom is -0.306 e. The molecular weight excluding hydrogens is 268 g/mol. The first kappa shape index (κ1) is 13.3. The number of nitrogens with one attached hydrogen (secondary N) is 1. The van der Waals surface area contributed by atoms with Crippen LogP contribution in [-0.4, -0.2) is 20.6 Å². The molecule has 0 spiro atoms. The average molecular weight is 282 g/mol. The summed E-state index contributed by atoms with van der Waals surface area (Å²) in [5.74, 6) is 0.501. The molecule has 1 unspecified atom stereocenters. The predicted octanol–water partition coefficient (Wildman–Crippen LogP) is 1.23. The summed E-state index contributed by atoms with van der Waals surface area (Å²) in [6.45, 7) is 2.11. The summed E-state index contributed by atoms with van der Waals surface area (Å²) in [4.78, 5) is 26.9. The van der Waals surface area contributed by atoms with E-state index in [-0.39, 0.29) is 17.4 Å². The molecule has 0 radical (unpaired) electrons. The van der Waals surface area contributed by atoms with Crippen molar-refractivity contribution < 1.29 is 0 Å². The third-order valence-corrected chi connectivity index (χ3v) is 3.90. The first-order valence-electron chi connectivity index (χ1n) is 5.56. The third-order valence-electron chi connectivity index (χ3n) is 2.83. The van der Waals surface area contributed by atoms with Gasteiger partial charge in [-0.3, -0.25) is 9.36 Å². The lowest BCUT2D eigenvalue weighted by atomic mass is 10.1. The number of aryl methyl sites for hydroxylation is 1. The van der Waals surface area contributed by atoms with Crippen LogP contribution in [0.1, 0.15) is 5.56 Å². The molecule has 2 rings (SSSR count). The average Bonchev–Trinajstić information content (AvgIpc) is 2.35. The molecule has 6 heteroatoms. The van der Waals surface area contributed by atoms with E-state index in [1.54, 1.807) is 12.1 Å². The quantitative estimate of drug-likeness (QED) is 0.742. The van der Waals surface area contributed by atoms with Crippen LogP contribution >= 0.6 is 25.3 Å². The number of rotatable bonds is 3. The van der Waals surface area contributed by atoms with E-state index in [0.717, 1.165) is 5.56 Å². The lowest BCUT2D eigenvalue weighted by Gasteiger charge is -2.10. The van der Waals surface area contributed by atoms with Gasteiger partial charge < -0.3 is 4.98 Å². The molecular formula is C12H14N2O2S2. The Labute approximate surface area is 115 Å². The minimum atomic E-state index is -0.400. The van der Waals surface area contributed by atoms with E-state index in [0.29, 0.717) is 16.7 Å². The van der Waals surface area contributed by atoms with Crippen LogP contribution in [-0.2, 0) is 6.54 Å². The maximum absolute atomic E-state index is 12.2. The van der Waals surface area contributed by atoms with Gasteiger partial charge >= 0.3 is 5.69 Å². The molecule has 1 atom stereocenters. The van der Waals surface area contributed by atoms with Gasteiger partial charge in [-0.2, -0.15) is 25.3 Å². The molecule has 0 saturated carbocycles. The van der Waals surface area contributed by atoms with Crippen LogP contribution < -0.4 is 11.2 Å². The molecule has 0 bridgehead atoms. The normalized spacial score (nSPS) is 12.8. The molecule has 2 aromatic rings. The standard InChI is InChI=1S/C12H14N2O2S2/c1-7-3-2-4-9-10(7)13-12(16)14(11(9)15)5-8(18)6-17/h2-4,8,17-18H,5-6H2,1H3,(H,13,16). The van der Waals surface area contributed by atoms with Crippen molar-refractivity contribution in [2.24, 2.45) is 0 Å². The molecule has 0 fully saturated rings. The Kier molecular flexibility index (Phi) is 3.87. The maximum atomic E-state index is 12.2. The zero-order chi connectivity index (χ0) is 13.3. The van der Waals surface area contributed by atoms with Crippen molar-refractivity contribution in [2.45, 2.75) is 18.7 Å². The summed E-state index contributed by atoms with van der Waals surface area (Å²) in [7, 11) is 0. The molecule has 0 aliphatic rings. The second-order valence-corrected chi connectivity index (χ2v) is 5.28. The maximum Gasteiger partial charge on any atom is 0.328 e. The van der Waals surface area contributed by atoms with E-state index in [1.165, 1.54) is 4.57 Å². The van der Waals surface area contributed by atoms with Crippen LogP contribution in [0.5, 0.6) is 0 Å². The van der Waals surface area contributed by atoms with Crippen molar-refractivity contribution in [2.75, 3.05) is 5.75 Å². The highest BCUT2D eigenvalue weighted by atomic mass is 32.1. The first-order valence-corrected chi connectivity index (χ1v) is 6.71. The summed E-state index contributed by atoms with van der Waals surface area (Å²) < 4.78 is 1.18. The number of hydrogen-bond acceptors (Lipinski definition) is 4. The van der Waals surface area contributed by atoms with Gasteiger partial charge in [0.05, 0.1) is 10.9 Å². The molecule has 1 aromatic carbocycles. The summed E-state index contributed by atoms with van der Waals surface area (Å²) in [6, 6.07) is 5.38. The third kappa shape index (κ3) is 2.35. The molecule has 1 N–H and O–H groups in total. The Hall–Kier alpha value is -1.14. The fourth-order valence-electron chi connectivity index (χ4n) is 1.86. The van der Waals surface area contributed by atoms with E-state index in [2.05, 4.69) is 30.2 Å². The largest absolute Gasteiger partial charge is 0.328 e. The Morgan fingerprint density at radius 3 is 2.78 bits per heavy atom. The van der Waals surface area contributed by atoms with Crippen molar-refractivity contribution in [3.63, 3.8) is 0 Å². The monoisotopic (exact) mass is 282 g/mol. The highest BCUT2D eigenvalue weighted by Crippen LogP contribution is 2.10. The highest BCUT2D eigenvalue weighted by Gasteiger charge is 2.11. The van der Waals surface area contributed by atoms with Crippen LogP contribution in [0.2, 0.25) is 0 Å². The molecule has 0 aliphatic heterocycles. The van der Waals surface area contributed by atoms with Gasteiger partial charge in [0, 0.05) is 17.5 Å². The number of para-hydroxylation sites is 1. The Morgan fingerprint density at radius 2 is 2.11 bits per heavy atom. The number of H-pyrrole nitrogens is 1. The van der Waals surface area contributed by atoms with Crippen molar-refractivity contribution in [1.29, 1.82) is 0 Å². The van der Waals surface area contributed by atoms with Gasteiger partial charge in [0.15, 0.2) is 0 Å². The second-order valence-electron chi connectivity index (χ2n) is 4.18. The van der Waals surface area contributed by atoms with E-state index in [1.807, 2.05) is 13.0 Å². The van der Waals surface area contributed by atoms with Gasteiger partial charge in [-0.25, -0.2) is 4.79 Å².